The molecule has 1 saturated carbocycles. The summed E-state index contributed by atoms with van der Waals surface area (Å²) in [5.74, 6) is 0.579. The van der Waals surface area contributed by atoms with Gasteiger partial charge in [0, 0.05) is 53.3 Å². The second-order valence-electron chi connectivity index (χ2n) is 8.18. The maximum absolute atomic E-state index is 12.0. The smallest absolute Gasteiger partial charge is 0.250 e. The van der Waals surface area contributed by atoms with Gasteiger partial charge < -0.3 is 14.4 Å². The third kappa shape index (κ3) is 4.03. The normalized spacial score (nSPS) is 15.0. The molecule has 1 fully saturated rings. The maximum Gasteiger partial charge on any atom is 0.250 e. The molecule has 1 aliphatic carbocycles. The van der Waals surface area contributed by atoms with E-state index in [1.807, 2.05) is 38.4 Å². The van der Waals surface area contributed by atoms with Gasteiger partial charge in [-0.25, -0.2) is 9.67 Å². The molecule has 158 valence electrons. The minimum Gasteiger partial charge on any atom is -0.477 e. The molecule has 1 aliphatic rings. The summed E-state index contributed by atoms with van der Waals surface area (Å²) in [7, 11) is 0. The highest BCUT2D eigenvalue weighted by Crippen LogP contribution is 2.40. The van der Waals surface area contributed by atoms with Crippen LogP contribution in [0.15, 0.2) is 47.7 Å². The summed E-state index contributed by atoms with van der Waals surface area (Å²) < 4.78 is 9.35. The van der Waals surface area contributed by atoms with Gasteiger partial charge in [0.1, 0.15) is 0 Å². The fourth-order valence-corrected chi connectivity index (χ4v) is 3.85. The monoisotopic (exact) mass is 408 g/mol. The van der Waals surface area contributed by atoms with E-state index in [9.17, 15) is 9.90 Å². The Morgan fingerprint density at radius 1 is 1.20 bits per heavy atom. The maximum atomic E-state index is 12.0. The molecule has 0 saturated heterocycles. The van der Waals surface area contributed by atoms with Gasteiger partial charge in [0.25, 0.3) is 5.56 Å². The first-order valence-electron chi connectivity index (χ1n) is 10.5. The van der Waals surface area contributed by atoms with Gasteiger partial charge in [0.2, 0.25) is 5.88 Å². The van der Waals surface area contributed by atoms with E-state index < -0.39 is 0 Å². The van der Waals surface area contributed by atoms with Crippen LogP contribution in [0.25, 0.3) is 16.8 Å². The lowest BCUT2D eigenvalue weighted by Crippen LogP contribution is -2.39. The number of hydrogen-bond donors (Lipinski definition) is 1. The van der Waals surface area contributed by atoms with Gasteiger partial charge in [-0.2, -0.15) is 5.10 Å². The molecular weight excluding hydrogens is 380 g/mol. The van der Waals surface area contributed by atoms with Crippen molar-refractivity contribution in [3.63, 3.8) is 0 Å². The number of nitrogens with zero attached hydrogens (tertiary/aromatic N) is 4. The van der Waals surface area contributed by atoms with Gasteiger partial charge in [-0.1, -0.05) is 13.3 Å². The van der Waals surface area contributed by atoms with E-state index in [0.29, 0.717) is 19.0 Å². The lowest BCUT2D eigenvalue weighted by molar-refractivity contribution is -0.00129. The Hall–Kier alpha value is -2.93. The van der Waals surface area contributed by atoms with Crippen LogP contribution in [0, 0.1) is 12.3 Å². The molecule has 0 aromatic carbocycles. The fourth-order valence-electron chi connectivity index (χ4n) is 3.85. The molecule has 7 heteroatoms. The molecule has 1 N–H and O–H groups in total. The summed E-state index contributed by atoms with van der Waals surface area (Å²) in [6.45, 7) is 5.34. The predicted molar refractivity (Wildman–Crippen MR) is 115 cm³/mol. The molecule has 0 spiro atoms. The second kappa shape index (κ2) is 8.44. The second-order valence-corrected chi connectivity index (χ2v) is 8.18. The molecule has 0 bridgehead atoms. The molecule has 0 unspecified atom stereocenters. The predicted octanol–water partition coefficient (Wildman–Crippen LogP) is 3.36. The molecule has 0 amide bonds. The molecule has 3 aromatic rings. The Kier molecular flexibility index (Phi) is 5.72. The fraction of sp³-hybridized carbons (Fsp3) is 0.435. The number of aliphatic hydroxyl groups is 1. The van der Waals surface area contributed by atoms with Crippen molar-refractivity contribution in [1.82, 2.24) is 19.3 Å². The zero-order valence-electron chi connectivity index (χ0n) is 17.5. The lowest BCUT2D eigenvalue weighted by Gasteiger charge is -2.39. The van der Waals surface area contributed by atoms with Gasteiger partial charge >= 0.3 is 0 Å². The van der Waals surface area contributed by atoms with E-state index in [1.54, 1.807) is 27.6 Å². The van der Waals surface area contributed by atoms with Crippen LogP contribution in [0.3, 0.4) is 0 Å². The Morgan fingerprint density at radius 2 is 2.03 bits per heavy atom. The minimum atomic E-state index is -0.0936. The van der Waals surface area contributed by atoms with E-state index >= 15 is 0 Å². The van der Waals surface area contributed by atoms with Crippen molar-refractivity contribution >= 4 is 0 Å². The van der Waals surface area contributed by atoms with E-state index in [0.717, 1.165) is 48.2 Å². The molecule has 3 heterocycles. The summed E-state index contributed by atoms with van der Waals surface area (Å²) in [5.41, 5.74) is 3.53. The standard InChI is InChI=1S/C23H28N4O3/c1-3-11-26-14-19(5-8-22(26)29)27-13-18(12-24-27)20-6-7-21(25-17(20)2)30-16-23(15-28)9-4-10-23/h5-8,12-14,28H,3-4,9-11,15-16H2,1-2H3. The summed E-state index contributed by atoms with van der Waals surface area (Å²) in [4.78, 5) is 16.5. The van der Waals surface area contributed by atoms with Crippen molar-refractivity contribution in [2.75, 3.05) is 13.2 Å². The van der Waals surface area contributed by atoms with Gasteiger partial charge in [0.15, 0.2) is 0 Å². The molecular formula is C23H28N4O3. The zero-order chi connectivity index (χ0) is 21.1. The van der Waals surface area contributed by atoms with Crippen LogP contribution in [0.5, 0.6) is 5.88 Å². The quantitative estimate of drug-likeness (QED) is 0.618. The molecule has 4 rings (SSSR count). The Balaban J connectivity index is 1.52. The van der Waals surface area contributed by atoms with Crippen LogP contribution < -0.4 is 10.3 Å². The summed E-state index contributed by atoms with van der Waals surface area (Å²) in [6, 6.07) is 7.21. The molecule has 3 aromatic heterocycles. The Morgan fingerprint density at radius 3 is 2.70 bits per heavy atom. The lowest BCUT2D eigenvalue weighted by atomic mass is 9.70. The highest BCUT2D eigenvalue weighted by Gasteiger charge is 2.37. The number of aromatic nitrogens is 4. The number of ether oxygens (including phenoxy) is 1. The van der Waals surface area contributed by atoms with Gasteiger partial charge in [0.05, 0.1) is 25.1 Å². The number of aliphatic hydroxyl groups excluding tert-OH is 1. The molecule has 0 aliphatic heterocycles. The number of aryl methyl sites for hydroxylation is 2. The van der Waals surface area contributed by atoms with Crippen molar-refractivity contribution in [2.45, 2.75) is 46.1 Å². The van der Waals surface area contributed by atoms with Crippen LogP contribution in [-0.4, -0.2) is 37.7 Å². The minimum absolute atomic E-state index is 0.00603. The first-order chi connectivity index (χ1) is 14.5. The zero-order valence-corrected chi connectivity index (χ0v) is 17.5. The highest BCUT2D eigenvalue weighted by atomic mass is 16.5. The molecule has 30 heavy (non-hydrogen) atoms. The van der Waals surface area contributed by atoms with Crippen molar-refractivity contribution in [3.8, 4) is 22.7 Å². The summed E-state index contributed by atoms with van der Waals surface area (Å²) in [5, 5.41) is 14.1. The summed E-state index contributed by atoms with van der Waals surface area (Å²) in [6.07, 6.45) is 9.63. The van der Waals surface area contributed by atoms with Crippen LogP contribution in [-0.2, 0) is 6.54 Å². The van der Waals surface area contributed by atoms with Crippen LogP contribution in [0.2, 0.25) is 0 Å². The molecule has 7 nitrogen and oxygen atoms in total. The SMILES string of the molecule is CCCn1cc(-n2cc(-c3ccc(OCC4(CO)CCC4)nc3C)cn2)ccc1=O. The van der Waals surface area contributed by atoms with Crippen molar-refractivity contribution in [2.24, 2.45) is 5.41 Å². The van der Waals surface area contributed by atoms with Gasteiger partial charge in [-0.05, 0) is 38.3 Å². The van der Waals surface area contributed by atoms with Crippen molar-refractivity contribution in [1.29, 1.82) is 0 Å². The Labute approximate surface area is 176 Å². The molecule has 0 radical (unpaired) electrons. The van der Waals surface area contributed by atoms with E-state index in [1.165, 1.54) is 0 Å². The molecule has 0 atom stereocenters. The number of rotatable bonds is 8. The van der Waals surface area contributed by atoms with Crippen LogP contribution in [0.1, 0.15) is 38.3 Å². The van der Waals surface area contributed by atoms with E-state index in [2.05, 4.69) is 10.1 Å². The number of hydrogen-bond acceptors (Lipinski definition) is 5. The average molecular weight is 409 g/mol. The largest absolute Gasteiger partial charge is 0.477 e. The average Bonchev–Trinajstić information content (AvgIpc) is 3.19. The van der Waals surface area contributed by atoms with Crippen LogP contribution in [0.4, 0.5) is 0 Å². The first kappa shape index (κ1) is 20.3. The first-order valence-corrected chi connectivity index (χ1v) is 10.5. The van der Waals surface area contributed by atoms with Crippen LogP contribution >= 0.6 is 0 Å². The summed E-state index contributed by atoms with van der Waals surface area (Å²) >= 11 is 0. The van der Waals surface area contributed by atoms with E-state index in [4.69, 9.17) is 4.74 Å². The third-order valence-electron chi connectivity index (χ3n) is 5.93. The number of pyridine rings is 2. The van der Waals surface area contributed by atoms with E-state index in [-0.39, 0.29) is 17.6 Å². The topological polar surface area (TPSA) is 82.2 Å². The van der Waals surface area contributed by atoms with Gasteiger partial charge in [-0.3, -0.25) is 4.79 Å². The highest BCUT2D eigenvalue weighted by molar-refractivity contribution is 5.65. The Bertz CT molecular complexity index is 1080. The van der Waals surface area contributed by atoms with Gasteiger partial charge in [-0.15, -0.1) is 0 Å². The van der Waals surface area contributed by atoms with Crippen molar-refractivity contribution in [3.05, 3.63) is 58.9 Å². The third-order valence-corrected chi connectivity index (χ3v) is 5.93. The van der Waals surface area contributed by atoms with Crippen molar-refractivity contribution < 1.29 is 9.84 Å².